The molecule has 0 aromatic heterocycles. The summed E-state index contributed by atoms with van der Waals surface area (Å²) in [5, 5.41) is 7.52. The number of halogens is 2. The van der Waals surface area contributed by atoms with Crippen LogP contribution in [0.15, 0.2) is 45.8 Å². The number of methoxy groups -OCH3 is 1. The van der Waals surface area contributed by atoms with Gasteiger partial charge in [0.2, 0.25) is 10.0 Å². The molecule has 0 aliphatic carbocycles. The molecule has 0 aliphatic rings. The van der Waals surface area contributed by atoms with Crippen LogP contribution in [0.3, 0.4) is 0 Å². The molecule has 0 spiro atoms. The monoisotopic (exact) mass is 402 g/mol. The number of amides is 1. The van der Waals surface area contributed by atoms with Gasteiger partial charge < -0.3 is 10.1 Å². The molecule has 2 aromatic rings. The van der Waals surface area contributed by atoms with Crippen LogP contribution in [0.5, 0.6) is 5.75 Å². The zero-order chi connectivity index (χ0) is 17.2. The Bertz CT molecular complexity index is 871. The van der Waals surface area contributed by atoms with Crippen molar-refractivity contribution in [2.45, 2.75) is 4.90 Å². The number of primary sulfonamides is 1. The summed E-state index contributed by atoms with van der Waals surface area (Å²) in [5.41, 5.74) is -0.0495. The molecule has 2 rings (SSSR count). The Morgan fingerprint density at radius 2 is 1.96 bits per heavy atom. The maximum Gasteiger partial charge on any atom is 0.258 e. The Kier molecular flexibility index (Phi) is 5.03. The zero-order valence-electron chi connectivity index (χ0n) is 11.8. The van der Waals surface area contributed by atoms with Gasteiger partial charge in [-0.25, -0.2) is 17.9 Å². The van der Waals surface area contributed by atoms with Crippen LogP contribution >= 0.6 is 15.9 Å². The molecule has 0 saturated heterocycles. The third kappa shape index (κ3) is 4.06. The Labute approximate surface area is 140 Å². The Morgan fingerprint density at radius 3 is 2.57 bits per heavy atom. The molecule has 0 atom stereocenters. The molecule has 0 unspecified atom stereocenters. The number of sulfonamides is 1. The van der Waals surface area contributed by atoms with Gasteiger partial charge in [0.15, 0.2) is 0 Å². The number of benzene rings is 2. The predicted molar refractivity (Wildman–Crippen MR) is 86.4 cm³/mol. The van der Waals surface area contributed by atoms with E-state index < -0.39 is 21.7 Å². The van der Waals surface area contributed by atoms with Crippen molar-refractivity contribution in [2.75, 3.05) is 12.4 Å². The topological polar surface area (TPSA) is 98.5 Å². The highest BCUT2D eigenvalue weighted by Gasteiger charge is 2.18. The van der Waals surface area contributed by atoms with E-state index in [0.29, 0.717) is 4.47 Å². The van der Waals surface area contributed by atoms with Gasteiger partial charge in [-0.05, 0) is 36.4 Å². The predicted octanol–water partition coefficient (Wildman–Crippen LogP) is 2.50. The van der Waals surface area contributed by atoms with E-state index in [0.717, 1.165) is 12.1 Å². The molecule has 2 aromatic carbocycles. The maximum absolute atomic E-state index is 13.7. The summed E-state index contributed by atoms with van der Waals surface area (Å²) in [4.78, 5) is 11.8. The van der Waals surface area contributed by atoms with Crippen molar-refractivity contribution in [1.29, 1.82) is 0 Å². The van der Waals surface area contributed by atoms with Crippen molar-refractivity contribution in [3.05, 3.63) is 52.3 Å². The van der Waals surface area contributed by atoms with E-state index in [9.17, 15) is 17.6 Å². The number of anilines is 1. The second kappa shape index (κ2) is 6.65. The van der Waals surface area contributed by atoms with Gasteiger partial charge in [0.1, 0.15) is 16.5 Å². The Hall–Kier alpha value is -1.97. The van der Waals surface area contributed by atoms with Crippen molar-refractivity contribution in [2.24, 2.45) is 5.14 Å². The minimum absolute atomic E-state index is 0.0409. The lowest BCUT2D eigenvalue weighted by atomic mass is 10.2. The maximum atomic E-state index is 13.7. The smallest absolute Gasteiger partial charge is 0.258 e. The van der Waals surface area contributed by atoms with E-state index in [2.05, 4.69) is 21.2 Å². The van der Waals surface area contributed by atoms with Gasteiger partial charge in [0.25, 0.3) is 5.91 Å². The third-order valence-electron chi connectivity index (χ3n) is 2.90. The second-order valence-corrected chi connectivity index (χ2v) is 6.93. The molecule has 1 amide bonds. The minimum Gasteiger partial charge on any atom is -0.495 e. The first-order valence-corrected chi connectivity index (χ1v) is 8.53. The Morgan fingerprint density at radius 1 is 1.26 bits per heavy atom. The summed E-state index contributed by atoms with van der Waals surface area (Å²) >= 11 is 3.15. The normalized spacial score (nSPS) is 11.1. The number of hydrogen-bond acceptors (Lipinski definition) is 4. The number of hydrogen-bond donors (Lipinski definition) is 2. The largest absolute Gasteiger partial charge is 0.495 e. The van der Waals surface area contributed by atoms with E-state index >= 15 is 0 Å². The highest BCUT2D eigenvalue weighted by atomic mass is 79.9. The van der Waals surface area contributed by atoms with Gasteiger partial charge in [0, 0.05) is 10.2 Å². The molecule has 0 saturated carbocycles. The summed E-state index contributed by atoms with van der Waals surface area (Å²) < 4.78 is 42.2. The average molecular weight is 403 g/mol. The fourth-order valence-corrected chi connectivity index (χ4v) is 2.93. The molecule has 6 nitrogen and oxygen atoms in total. The van der Waals surface area contributed by atoms with Crippen LogP contribution in [0.1, 0.15) is 10.4 Å². The fraction of sp³-hybridized carbons (Fsp3) is 0.0714. The van der Waals surface area contributed by atoms with Crippen molar-refractivity contribution >= 4 is 37.5 Å². The van der Waals surface area contributed by atoms with Gasteiger partial charge in [-0.3, -0.25) is 4.79 Å². The number of carbonyl (C=O) groups is 1. The first-order chi connectivity index (χ1) is 10.7. The van der Waals surface area contributed by atoms with Crippen molar-refractivity contribution in [3.8, 4) is 5.75 Å². The first-order valence-electron chi connectivity index (χ1n) is 6.19. The van der Waals surface area contributed by atoms with E-state index in [-0.39, 0.29) is 21.9 Å². The van der Waals surface area contributed by atoms with Crippen LogP contribution in [0.2, 0.25) is 0 Å². The van der Waals surface area contributed by atoms with Gasteiger partial charge in [0.05, 0.1) is 12.7 Å². The van der Waals surface area contributed by atoms with E-state index in [1.54, 1.807) is 0 Å². The molecule has 0 bridgehead atoms. The molecule has 0 aliphatic heterocycles. The van der Waals surface area contributed by atoms with Gasteiger partial charge >= 0.3 is 0 Å². The van der Waals surface area contributed by atoms with Crippen LogP contribution in [-0.4, -0.2) is 21.4 Å². The molecule has 9 heteroatoms. The molecular weight excluding hydrogens is 391 g/mol. The van der Waals surface area contributed by atoms with Crippen LogP contribution in [0.4, 0.5) is 10.1 Å². The lowest BCUT2D eigenvalue weighted by Gasteiger charge is -2.11. The lowest BCUT2D eigenvalue weighted by molar-refractivity contribution is 0.102. The molecule has 0 radical (unpaired) electrons. The summed E-state index contributed by atoms with van der Waals surface area (Å²) in [6.45, 7) is 0. The molecule has 0 heterocycles. The van der Waals surface area contributed by atoms with Gasteiger partial charge in [-0.1, -0.05) is 15.9 Å². The minimum atomic E-state index is -4.04. The molecular formula is C14H12BrFN2O4S. The zero-order valence-corrected chi connectivity index (χ0v) is 14.2. The number of carbonyl (C=O) groups excluding carboxylic acids is 1. The van der Waals surface area contributed by atoms with E-state index in [1.165, 1.54) is 31.4 Å². The van der Waals surface area contributed by atoms with Gasteiger partial charge in [-0.2, -0.15) is 0 Å². The average Bonchev–Trinajstić information content (AvgIpc) is 2.48. The summed E-state index contributed by atoms with van der Waals surface area (Å²) in [6, 6.07) is 7.81. The number of nitrogens with one attached hydrogen (secondary N) is 1. The van der Waals surface area contributed by atoms with Gasteiger partial charge in [-0.15, -0.1) is 0 Å². The standard InChI is InChI=1S/C14H12BrFN2O4S/c1-22-12-5-3-9(7-13(12)23(17,20)21)18-14(19)10-6-8(15)2-4-11(10)16/h2-7H,1H3,(H,18,19)(H2,17,20,21). The number of nitrogens with two attached hydrogens (primary N) is 1. The van der Waals surface area contributed by atoms with Crippen LogP contribution < -0.4 is 15.2 Å². The Balaban J connectivity index is 2.37. The number of ether oxygens (including phenoxy) is 1. The van der Waals surface area contributed by atoms with Crippen LogP contribution in [0, 0.1) is 5.82 Å². The highest BCUT2D eigenvalue weighted by Crippen LogP contribution is 2.26. The SMILES string of the molecule is COc1ccc(NC(=O)c2cc(Br)ccc2F)cc1S(N)(=O)=O. The molecule has 3 N–H and O–H groups in total. The molecule has 0 fully saturated rings. The van der Waals surface area contributed by atoms with E-state index in [1.807, 2.05) is 0 Å². The summed E-state index contributed by atoms with van der Waals surface area (Å²) in [5.74, 6) is -1.39. The lowest BCUT2D eigenvalue weighted by Crippen LogP contribution is -2.16. The van der Waals surface area contributed by atoms with E-state index in [4.69, 9.17) is 9.88 Å². The number of rotatable bonds is 4. The third-order valence-corrected chi connectivity index (χ3v) is 4.33. The first kappa shape index (κ1) is 17.4. The van der Waals surface area contributed by atoms with Crippen molar-refractivity contribution < 1.29 is 22.3 Å². The molecule has 122 valence electrons. The molecule has 23 heavy (non-hydrogen) atoms. The quantitative estimate of drug-likeness (QED) is 0.820. The fourth-order valence-electron chi connectivity index (χ4n) is 1.85. The summed E-state index contributed by atoms with van der Waals surface area (Å²) in [7, 11) is -2.75. The van der Waals surface area contributed by atoms with Crippen LogP contribution in [-0.2, 0) is 10.0 Å². The van der Waals surface area contributed by atoms with Crippen molar-refractivity contribution in [3.63, 3.8) is 0 Å². The second-order valence-electron chi connectivity index (χ2n) is 4.49. The van der Waals surface area contributed by atoms with Crippen molar-refractivity contribution in [1.82, 2.24) is 0 Å². The summed E-state index contributed by atoms with van der Waals surface area (Å²) in [6.07, 6.45) is 0. The van der Waals surface area contributed by atoms with Crippen LogP contribution in [0.25, 0.3) is 0 Å². The highest BCUT2D eigenvalue weighted by molar-refractivity contribution is 9.10.